The molecule has 0 bridgehead atoms. The van der Waals surface area contributed by atoms with Crippen molar-refractivity contribution >= 4 is 23.9 Å². The van der Waals surface area contributed by atoms with Crippen molar-refractivity contribution in [3.8, 4) is 0 Å². The highest BCUT2D eigenvalue weighted by atomic mass is 16.2. The van der Waals surface area contributed by atoms with Gasteiger partial charge < -0.3 is 10.2 Å². The van der Waals surface area contributed by atoms with Crippen molar-refractivity contribution in [1.82, 2.24) is 10.2 Å². The SMILES string of the molecule is CNC(=O)c1cc(C=NC(C)=O)cc(C(=O)N(C)C)c1. The quantitative estimate of drug-likeness (QED) is 0.825. The predicted octanol–water partition coefficient (Wildman–Crippen LogP) is 0.713. The van der Waals surface area contributed by atoms with Gasteiger partial charge in [-0.3, -0.25) is 14.4 Å². The molecular weight excluding hydrogens is 258 g/mol. The predicted molar refractivity (Wildman–Crippen MR) is 76.1 cm³/mol. The number of nitrogens with one attached hydrogen (secondary N) is 1. The third-order valence-electron chi connectivity index (χ3n) is 2.49. The van der Waals surface area contributed by atoms with Gasteiger partial charge in [0.1, 0.15) is 0 Å². The topological polar surface area (TPSA) is 78.8 Å². The molecule has 1 N–H and O–H groups in total. The third-order valence-corrected chi connectivity index (χ3v) is 2.49. The van der Waals surface area contributed by atoms with Crippen LogP contribution in [0.1, 0.15) is 33.2 Å². The Bertz CT molecular complexity index is 577. The van der Waals surface area contributed by atoms with E-state index in [1.165, 1.54) is 31.2 Å². The first-order valence-electron chi connectivity index (χ1n) is 5.98. The van der Waals surface area contributed by atoms with E-state index in [9.17, 15) is 14.4 Å². The van der Waals surface area contributed by atoms with E-state index in [-0.39, 0.29) is 17.7 Å². The lowest BCUT2D eigenvalue weighted by molar-refractivity contribution is -0.115. The maximum Gasteiger partial charge on any atom is 0.253 e. The van der Waals surface area contributed by atoms with Crippen LogP contribution in [0.5, 0.6) is 0 Å². The second-order valence-electron chi connectivity index (χ2n) is 4.40. The van der Waals surface area contributed by atoms with E-state index in [1.807, 2.05) is 0 Å². The molecule has 0 heterocycles. The van der Waals surface area contributed by atoms with Crippen LogP contribution in [0.4, 0.5) is 0 Å². The number of rotatable bonds is 3. The number of carbonyl (C=O) groups excluding carboxylic acids is 3. The molecule has 6 nitrogen and oxygen atoms in total. The van der Waals surface area contributed by atoms with Crippen molar-refractivity contribution in [1.29, 1.82) is 0 Å². The molecule has 0 saturated heterocycles. The van der Waals surface area contributed by atoms with Crippen LogP contribution in [0, 0.1) is 0 Å². The van der Waals surface area contributed by atoms with Crippen LogP contribution in [0.2, 0.25) is 0 Å². The van der Waals surface area contributed by atoms with Crippen molar-refractivity contribution in [2.75, 3.05) is 21.1 Å². The van der Waals surface area contributed by atoms with Crippen LogP contribution in [0.25, 0.3) is 0 Å². The van der Waals surface area contributed by atoms with E-state index in [0.29, 0.717) is 16.7 Å². The summed E-state index contributed by atoms with van der Waals surface area (Å²) in [6.45, 7) is 1.32. The zero-order valence-corrected chi connectivity index (χ0v) is 11.9. The fourth-order valence-electron chi connectivity index (χ4n) is 1.55. The largest absolute Gasteiger partial charge is 0.355 e. The molecule has 0 aliphatic rings. The first kappa shape index (κ1) is 15.6. The van der Waals surface area contributed by atoms with Crippen LogP contribution in [-0.4, -0.2) is 50.0 Å². The first-order chi connectivity index (χ1) is 9.35. The molecule has 0 aliphatic heterocycles. The smallest absolute Gasteiger partial charge is 0.253 e. The van der Waals surface area contributed by atoms with Gasteiger partial charge in [-0.15, -0.1) is 0 Å². The molecule has 1 aromatic rings. The fourth-order valence-corrected chi connectivity index (χ4v) is 1.55. The molecule has 0 saturated carbocycles. The zero-order valence-electron chi connectivity index (χ0n) is 11.9. The van der Waals surface area contributed by atoms with E-state index in [2.05, 4.69) is 10.3 Å². The summed E-state index contributed by atoms with van der Waals surface area (Å²) in [5.41, 5.74) is 1.22. The van der Waals surface area contributed by atoms with E-state index in [1.54, 1.807) is 26.2 Å². The Hall–Kier alpha value is -2.50. The van der Waals surface area contributed by atoms with Crippen molar-refractivity contribution in [3.63, 3.8) is 0 Å². The minimum Gasteiger partial charge on any atom is -0.355 e. The van der Waals surface area contributed by atoms with Gasteiger partial charge in [0, 0.05) is 45.4 Å². The standard InChI is InChI=1S/C14H17N3O3/c1-9(18)16-8-10-5-11(13(19)15-2)7-12(6-10)14(20)17(3)4/h5-8H,1-4H3,(H,15,19). The van der Waals surface area contributed by atoms with E-state index < -0.39 is 0 Å². The summed E-state index contributed by atoms with van der Waals surface area (Å²) in [5.74, 6) is -0.889. The molecule has 0 atom stereocenters. The maximum atomic E-state index is 12.0. The molecule has 3 amide bonds. The molecule has 0 spiro atoms. The lowest BCUT2D eigenvalue weighted by atomic mass is 10.0. The van der Waals surface area contributed by atoms with Crippen LogP contribution in [0.3, 0.4) is 0 Å². The molecule has 20 heavy (non-hydrogen) atoms. The molecule has 6 heteroatoms. The summed E-state index contributed by atoms with van der Waals surface area (Å²) in [6, 6.07) is 4.66. The number of hydrogen-bond acceptors (Lipinski definition) is 3. The van der Waals surface area contributed by atoms with Crippen LogP contribution < -0.4 is 5.32 Å². The molecule has 106 valence electrons. The first-order valence-corrected chi connectivity index (χ1v) is 5.98. The summed E-state index contributed by atoms with van der Waals surface area (Å²) in [6.07, 6.45) is 1.33. The van der Waals surface area contributed by atoms with Crippen molar-refractivity contribution < 1.29 is 14.4 Å². The van der Waals surface area contributed by atoms with Gasteiger partial charge in [-0.2, -0.15) is 0 Å². The average Bonchev–Trinajstić information content (AvgIpc) is 2.42. The molecule has 0 unspecified atom stereocenters. The lowest BCUT2D eigenvalue weighted by Gasteiger charge is -2.12. The molecule has 1 aromatic carbocycles. The molecule has 0 aromatic heterocycles. The summed E-state index contributed by atoms with van der Waals surface area (Å²) in [7, 11) is 4.75. The van der Waals surface area contributed by atoms with E-state index in [4.69, 9.17) is 0 Å². The van der Waals surface area contributed by atoms with Crippen LogP contribution in [-0.2, 0) is 4.79 Å². The van der Waals surface area contributed by atoms with Gasteiger partial charge in [0.05, 0.1) is 0 Å². The Labute approximate surface area is 117 Å². The van der Waals surface area contributed by atoms with Gasteiger partial charge in [0.25, 0.3) is 11.8 Å². The van der Waals surface area contributed by atoms with Crippen molar-refractivity contribution in [2.45, 2.75) is 6.92 Å². The average molecular weight is 275 g/mol. The lowest BCUT2D eigenvalue weighted by Crippen LogP contribution is -2.23. The van der Waals surface area contributed by atoms with Gasteiger partial charge in [0.2, 0.25) is 5.91 Å². The minimum absolute atomic E-state index is 0.228. The Kier molecular flexibility index (Phi) is 5.14. The summed E-state index contributed by atoms with van der Waals surface area (Å²) in [5, 5.41) is 2.49. The molecular formula is C14H17N3O3. The zero-order chi connectivity index (χ0) is 15.3. The van der Waals surface area contributed by atoms with Crippen LogP contribution >= 0.6 is 0 Å². The van der Waals surface area contributed by atoms with Gasteiger partial charge in [-0.25, -0.2) is 4.99 Å². The number of hydrogen-bond donors (Lipinski definition) is 1. The Balaban J connectivity index is 3.31. The number of amides is 3. The summed E-state index contributed by atoms with van der Waals surface area (Å²) in [4.78, 5) is 39.6. The second-order valence-corrected chi connectivity index (χ2v) is 4.40. The fraction of sp³-hybridized carbons (Fsp3) is 0.286. The highest BCUT2D eigenvalue weighted by Crippen LogP contribution is 2.11. The van der Waals surface area contributed by atoms with Gasteiger partial charge >= 0.3 is 0 Å². The Morgan fingerprint density at radius 2 is 1.75 bits per heavy atom. The number of nitrogens with zero attached hydrogens (tertiary/aromatic N) is 2. The summed E-state index contributed by atoms with van der Waals surface area (Å²) < 4.78 is 0. The Morgan fingerprint density at radius 3 is 2.25 bits per heavy atom. The highest BCUT2D eigenvalue weighted by Gasteiger charge is 2.13. The molecule has 0 aliphatic carbocycles. The Morgan fingerprint density at radius 1 is 1.15 bits per heavy atom. The highest BCUT2D eigenvalue weighted by molar-refractivity contribution is 6.02. The minimum atomic E-state index is -0.351. The monoisotopic (exact) mass is 275 g/mol. The van der Waals surface area contributed by atoms with Gasteiger partial charge in [-0.05, 0) is 23.8 Å². The van der Waals surface area contributed by atoms with E-state index in [0.717, 1.165) is 0 Å². The molecule has 0 radical (unpaired) electrons. The second kappa shape index (κ2) is 6.60. The number of aliphatic imine (C=N–C) groups is 1. The normalized spacial score (nSPS) is 10.4. The maximum absolute atomic E-state index is 12.0. The van der Waals surface area contributed by atoms with Crippen molar-refractivity contribution in [2.24, 2.45) is 4.99 Å². The molecule has 1 rings (SSSR count). The molecule has 0 fully saturated rings. The van der Waals surface area contributed by atoms with Gasteiger partial charge in [-0.1, -0.05) is 0 Å². The summed E-state index contributed by atoms with van der Waals surface area (Å²) >= 11 is 0. The third kappa shape index (κ3) is 4.01. The van der Waals surface area contributed by atoms with E-state index >= 15 is 0 Å². The van der Waals surface area contributed by atoms with Gasteiger partial charge in [0.15, 0.2) is 0 Å². The van der Waals surface area contributed by atoms with Crippen molar-refractivity contribution in [3.05, 3.63) is 34.9 Å². The number of benzene rings is 1. The number of carbonyl (C=O) groups is 3. The van der Waals surface area contributed by atoms with Crippen LogP contribution in [0.15, 0.2) is 23.2 Å².